The lowest BCUT2D eigenvalue weighted by molar-refractivity contribution is -0.139. The smallest absolute Gasteiger partial charge is 0.228 e. The quantitative estimate of drug-likeness (QED) is 0.521. The summed E-state index contributed by atoms with van der Waals surface area (Å²) in [7, 11) is 1.97. The Morgan fingerprint density at radius 3 is 2.39 bits per heavy atom. The summed E-state index contributed by atoms with van der Waals surface area (Å²) in [4.78, 5) is 16.5. The van der Waals surface area contributed by atoms with Crippen LogP contribution in [-0.4, -0.2) is 67.1 Å². The predicted molar refractivity (Wildman–Crippen MR) is 102 cm³/mol. The lowest BCUT2D eigenvalue weighted by Crippen LogP contribution is -2.53. The van der Waals surface area contributed by atoms with E-state index >= 15 is 0 Å². The molecular formula is C18H37N3OS. The summed E-state index contributed by atoms with van der Waals surface area (Å²) in [5.41, 5.74) is 0. The van der Waals surface area contributed by atoms with Gasteiger partial charge in [-0.2, -0.15) is 0 Å². The minimum Gasteiger partial charge on any atom is -0.345 e. The van der Waals surface area contributed by atoms with Gasteiger partial charge in [0.2, 0.25) is 5.91 Å². The fraction of sp³-hybridized carbons (Fsp3) is 0.944. The molecule has 1 N–H and O–H groups in total. The van der Waals surface area contributed by atoms with Crippen LogP contribution in [0.5, 0.6) is 0 Å². The molecule has 0 aromatic carbocycles. The third kappa shape index (κ3) is 8.96. The zero-order chi connectivity index (χ0) is 17.1. The van der Waals surface area contributed by atoms with Crippen molar-refractivity contribution in [3.63, 3.8) is 0 Å². The molecule has 1 heterocycles. The van der Waals surface area contributed by atoms with Gasteiger partial charge in [0.1, 0.15) is 0 Å². The van der Waals surface area contributed by atoms with Gasteiger partial charge in [0, 0.05) is 38.6 Å². The number of carbonyl (C=O) groups is 1. The van der Waals surface area contributed by atoms with Crippen LogP contribution < -0.4 is 5.32 Å². The molecule has 1 saturated heterocycles. The molecule has 0 spiro atoms. The molecule has 1 amide bonds. The number of rotatable bonds is 13. The van der Waals surface area contributed by atoms with Crippen molar-refractivity contribution in [2.75, 3.05) is 45.4 Å². The second kappa shape index (κ2) is 12.2. The van der Waals surface area contributed by atoms with Crippen LogP contribution in [0.3, 0.4) is 0 Å². The molecule has 1 aliphatic heterocycles. The van der Waals surface area contributed by atoms with Gasteiger partial charge in [0.25, 0.3) is 0 Å². The topological polar surface area (TPSA) is 35.6 Å². The van der Waals surface area contributed by atoms with Gasteiger partial charge in [-0.3, -0.25) is 9.69 Å². The van der Waals surface area contributed by atoms with Crippen molar-refractivity contribution in [2.24, 2.45) is 5.92 Å². The molecule has 1 rings (SSSR count). The van der Waals surface area contributed by atoms with Gasteiger partial charge in [0.15, 0.2) is 0 Å². The van der Waals surface area contributed by atoms with Crippen molar-refractivity contribution >= 4 is 17.7 Å². The number of unbranched alkanes of at least 4 members (excludes halogenated alkanes) is 5. The summed E-state index contributed by atoms with van der Waals surface area (Å²) < 4.78 is 0. The Kier molecular flexibility index (Phi) is 11.0. The van der Waals surface area contributed by atoms with Gasteiger partial charge in [-0.25, -0.2) is 0 Å². The van der Waals surface area contributed by atoms with E-state index in [2.05, 4.69) is 30.3 Å². The molecule has 0 aromatic heterocycles. The molecule has 0 atom stereocenters. The van der Waals surface area contributed by atoms with E-state index in [0.717, 1.165) is 38.5 Å². The first-order chi connectivity index (χ1) is 11.0. The normalized spacial score (nSPS) is 15.9. The monoisotopic (exact) mass is 343 g/mol. The lowest BCUT2D eigenvalue weighted by atomic mass is 9.99. The average molecular weight is 344 g/mol. The highest BCUT2D eigenvalue weighted by Gasteiger charge is 2.33. The molecular weight excluding hydrogens is 306 g/mol. The standard InChI is InChI=1S/C18H37N3OS/c1-16(2)19-11-9-7-5-6-8-10-12-20(3)18(22)17-13-21(14-17)15-23-4/h16-17,19H,5-15H2,1-4H3. The highest BCUT2D eigenvalue weighted by molar-refractivity contribution is 7.98. The predicted octanol–water partition coefficient (Wildman–Crippen LogP) is 3.04. The van der Waals surface area contributed by atoms with Crippen molar-refractivity contribution in [2.45, 2.75) is 58.4 Å². The van der Waals surface area contributed by atoms with Gasteiger partial charge in [-0.1, -0.05) is 39.5 Å². The SMILES string of the molecule is CSCN1CC(C(=O)N(C)CCCCCCCCNC(C)C)C1. The molecule has 0 aromatic rings. The molecule has 0 aliphatic carbocycles. The zero-order valence-corrected chi connectivity index (χ0v) is 16.5. The minimum atomic E-state index is 0.251. The van der Waals surface area contributed by atoms with E-state index in [9.17, 15) is 4.79 Å². The molecule has 0 unspecified atom stereocenters. The summed E-state index contributed by atoms with van der Waals surface area (Å²) in [6, 6.07) is 0.603. The molecule has 5 heteroatoms. The number of hydrogen-bond acceptors (Lipinski definition) is 4. The minimum absolute atomic E-state index is 0.251. The second-order valence-electron chi connectivity index (χ2n) is 7.14. The second-order valence-corrected chi connectivity index (χ2v) is 7.98. The molecule has 4 nitrogen and oxygen atoms in total. The Labute approximate surface area is 147 Å². The third-order valence-corrected chi connectivity index (χ3v) is 5.09. The first-order valence-corrected chi connectivity index (χ1v) is 10.6. The summed E-state index contributed by atoms with van der Waals surface area (Å²) in [5, 5.41) is 3.46. The lowest BCUT2D eigenvalue weighted by Gasteiger charge is -2.39. The fourth-order valence-corrected chi connectivity index (χ4v) is 3.58. The maximum atomic E-state index is 12.3. The van der Waals surface area contributed by atoms with Gasteiger partial charge in [-0.15, -0.1) is 11.8 Å². The van der Waals surface area contributed by atoms with E-state index < -0.39 is 0 Å². The third-order valence-electron chi connectivity index (χ3n) is 4.47. The first kappa shape index (κ1) is 20.8. The highest BCUT2D eigenvalue weighted by atomic mass is 32.2. The summed E-state index contributed by atoms with van der Waals surface area (Å²) >= 11 is 1.83. The van der Waals surface area contributed by atoms with Crippen molar-refractivity contribution in [1.82, 2.24) is 15.1 Å². The number of carbonyl (C=O) groups excluding carboxylic acids is 1. The molecule has 0 saturated carbocycles. The van der Waals surface area contributed by atoms with Crippen molar-refractivity contribution in [3.8, 4) is 0 Å². The molecule has 136 valence electrons. The van der Waals surface area contributed by atoms with Crippen LogP contribution in [0.15, 0.2) is 0 Å². The Hall–Kier alpha value is -0.260. The average Bonchev–Trinajstić information content (AvgIpc) is 2.47. The van der Waals surface area contributed by atoms with E-state index in [4.69, 9.17) is 0 Å². The Balaban J connectivity index is 1.92. The molecule has 0 radical (unpaired) electrons. The number of nitrogens with one attached hydrogen (secondary N) is 1. The van der Waals surface area contributed by atoms with E-state index in [1.165, 1.54) is 32.1 Å². The number of nitrogens with zero attached hydrogens (tertiary/aromatic N) is 2. The first-order valence-electron chi connectivity index (χ1n) is 9.24. The molecule has 23 heavy (non-hydrogen) atoms. The van der Waals surface area contributed by atoms with Crippen LogP contribution in [-0.2, 0) is 4.79 Å². The van der Waals surface area contributed by atoms with Crippen LogP contribution in [0.25, 0.3) is 0 Å². The van der Waals surface area contributed by atoms with Gasteiger partial charge < -0.3 is 10.2 Å². The highest BCUT2D eigenvalue weighted by Crippen LogP contribution is 2.19. The largest absolute Gasteiger partial charge is 0.345 e. The van der Waals surface area contributed by atoms with E-state index in [0.29, 0.717) is 11.9 Å². The van der Waals surface area contributed by atoms with E-state index in [-0.39, 0.29) is 5.92 Å². The fourth-order valence-electron chi connectivity index (χ4n) is 3.01. The van der Waals surface area contributed by atoms with Crippen molar-refractivity contribution < 1.29 is 4.79 Å². The van der Waals surface area contributed by atoms with Crippen molar-refractivity contribution in [1.29, 1.82) is 0 Å². The van der Waals surface area contributed by atoms with Crippen LogP contribution in [0.2, 0.25) is 0 Å². The van der Waals surface area contributed by atoms with E-state index in [1.807, 2.05) is 23.7 Å². The Bertz CT molecular complexity index is 319. The van der Waals surface area contributed by atoms with Gasteiger partial charge >= 0.3 is 0 Å². The van der Waals surface area contributed by atoms with Gasteiger partial charge in [-0.05, 0) is 25.6 Å². The van der Waals surface area contributed by atoms with Crippen LogP contribution in [0.4, 0.5) is 0 Å². The number of likely N-dealkylation sites (tertiary alicyclic amines) is 1. The van der Waals surface area contributed by atoms with Gasteiger partial charge in [0.05, 0.1) is 5.92 Å². The van der Waals surface area contributed by atoms with E-state index in [1.54, 1.807) is 0 Å². The number of hydrogen-bond donors (Lipinski definition) is 1. The molecule has 0 bridgehead atoms. The molecule has 1 fully saturated rings. The van der Waals surface area contributed by atoms with Crippen molar-refractivity contribution in [3.05, 3.63) is 0 Å². The van der Waals surface area contributed by atoms with Crippen LogP contribution in [0, 0.1) is 5.92 Å². The Morgan fingerprint density at radius 2 is 1.78 bits per heavy atom. The zero-order valence-electron chi connectivity index (χ0n) is 15.6. The van der Waals surface area contributed by atoms with Crippen LogP contribution >= 0.6 is 11.8 Å². The summed E-state index contributed by atoms with van der Waals surface area (Å²) in [6.45, 7) is 8.36. The number of thioether (sulfide) groups is 1. The Morgan fingerprint density at radius 1 is 1.17 bits per heavy atom. The number of amides is 1. The summed E-state index contributed by atoms with van der Waals surface area (Å²) in [5.74, 6) is 1.66. The van der Waals surface area contributed by atoms with Crippen LogP contribution in [0.1, 0.15) is 52.4 Å². The molecule has 1 aliphatic rings. The maximum absolute atomic E-state index is 12.3. The maximum Gasteiger partial charge on any atom is 0.228 e. The summed E-state index contributed by atoms with van der Waals surface area (Å²) in [6.07, 6.45) is 9.74.